The largest absolute Gasteiger partial charge is 0.309 e. The van der Waals surface area contributed by atoms with Gasteiger partial charge in [-0.2, -0.15) is 0 Å². The second-order valence-electron chi connectivity index (χ2n) is 14.9. The Morgan fingerprint density at radius 3 is 1.50 bits per heavy atom. The van der Waals surface area contributed by atoms with Crippen molar-refractivity contribution in [2.75, 3.05) is 0 Å². The number of nitrogens with zero attached hydrogens (tertiary/aromatic N) is 2. The molecule has 2 aromatic heterocycles. The molecule has 2 heteroatoms. The Bertz CT molecular complexity index is 3530. The van der Waals surface area contributed by atoms with Crippen LogP contribution < -0.4 is 0 Å². The number of rotatable bonds is 4. The molecule has 12 rings (SSSR count). The molecule has 0 radical (unpaired) electrons. The molecule has 2 nitrogen and oxygen atoms in total. The van der Waals surface area contributed by atoms with Gasteiger partial charge in [0.05, 0.1) is 27.8 Å². The van der Waals surface area contributed by atoms with E-state index in [1.54, 1.807) is 0 Å². The Hall–Kier alpha value is -7.42. The van der Waals surface area contributed by atoms with E-state index in [1.165, 1.54) is 110 Å². The lowest BCUT2D eigenvalue weighted by Gasteiger charge is -2.15. The molecule has 0 N–H and O–H groups in total. The monoisotopic (exact) mass is 710 g/mol. The number of fused-ring (bicyclic) bond motifs is 10. The third-order valence-corrected chi connectivity index (χ3v) is 11.9. The van der Waals surface area contributed by atoms with Crippen molar-refractivity contribution in [1.82, 2.24) is 9.13 Å². The molecular formula is C54H34N2. The van der Waals surface area contributed by atoms with Crippen LogP contribution in [0.2, 0.25) is 0 Å². The number of benzene rings is 10. The summed E-state index contributed by atoms with van der Waals surface area (Å²) in [5.74, 6) is 0. The van der Waals surface area contributed by atoms with E-state index in [2.05, 4.69) is 215 Å². The second kappa shape index (κ2) is 12.0. The normalized spacial score (nSPS) is 11.9. The highest BCUT2D eigenvalue weighted by Gasteiger charge is 2.18. The van der Waals surface area contributed by atoms with Crippen LogP contribution in [-0.2, 0) is 0 Å². The average molecular weight is 711 g/mol. The zero-order valence-electron chi connectivity index (χ0n) is 30.5. The summed E-state index contributed by atoms with van der Waals surface area (Å²) in [7, 11) is 0. The van der Waals surface area contributed by atoms with Crippen LogP contribution in [-0.4, -0.2) is 9.13 Å². The predicted octanol–water partition coefficient (Wildman–Crippen LogP) is 14.7. The molecule has 0 aliphatic heterocycles. The van der Waals surface area contributed by atoms with Crippen LogP contribution in [0.3, 0.4) is 0 Å². The summed E-state index contributed by atoms with van der Waals surface area (Å²) in [6.45, 7) is 0. The van der Waals surface area contributed by atoms with E-state index in [4.69, 9.17) is 0 Å². The van der Waals surface area contributed by atoms with Crippen LogP contribution in [0.5, 0.6) is 0 Å². The Balaban J connectivity index is 1.02. The van der Waals surface area contributed by atoms with Gasteiger partial charge in [0.2, 0.25) is 0 Å². The van der Waals surface area contributed by atoms with Gasteiger partial charge in [-0.3, -0.25) is 0 Å². The fourth-order valence-corrected chi connectivity index (χ4v) is 9.33. The molecule has 0 spiro atoms. The van der Waals surface area contributed by atoms with E-state index in [0.717, 1.165) is 0 Å². The molecule has 260 valence electrons. The van der Waals surface area contributed by atoms with Crippen molar-refractivity contribution in [2.45, 2.75) is 0 Å². The molecule has 0 saturated carbocycles. The molecule has 0 aliphatic rings. The molecule has 0 unspecified atom stereocenters. The second-order valence-corrected chi connectivity index (χ2v) is 14.9. The van der Waals surface area contributed by atoms with Crippen molar-refractivity contribution in [3.63, 3.8) is 0 Å². The van der Waals surface area contributed by atoms with Crippen molar-refractivity contribution >= 4 is 75.9 Å². The predicted molar refractivity (Wildman–Crippen MR) is 239 cm³/mol. The molecule has 0 aliphatic carbocycles. The first kappa shape index (κ1) is 31.0. The maximum absolute atomic E-state index is 2.46. The lowest BCUT2D eigenvalue weighted by atomic mass is 9.94. The van der Waals surface area contributed by atoms with Gasteiger partial charge in [0.1, 0.15) is 0 Å². The fraction of sp³-hybridized carbons (Fsp3) is 0. The van der Waals surface area contributed by atoms with Gasteiger partial charge in [-0.05, 0) is 110 Å². The molecule has 0 atom stereocenters. The van der Waals surface area contributed by atoms with Crippen molar-refractivity contribution in [2.24, 2.45) is 0 Å². The van der Waals surface area contributed by atoms with Crippen LogP contribution in [0.15, 0.2) is 206 Å². The van der Waals surface area contributed by atoms with Gasteiger partial charge in [0.15, 0.2) is 0 Å². The van der Waals surface area contributed by atoms with Crippen LogP contribution in [0.25, 0.3) is 110 Å². The molecule has 0 amide bonds. The van der Waals surface area contributed by atoms with Crippen LogP contribution in [0.1, 0.15) is 0 Å². The summed E-state index contributed by atoms with van der Waals surface area (Å²) >= 11 is 0. The van der Waals surface area contributed by atoms with Crippen LogP contribution >= 0.6 is 0 Å². The average Bonchev–Trinajstić information content (AvgIpc) is 3.78. The van der Waals surface area contributed by atoms with Crippen molar-refractivity contribution in [3.05, 3.63) is 206 Å². The van der Waals surface area contributed by atoms with Crippen molar-refractivity contribution in [1.29, 1.82) is 0 Å². The van der Waals surface area contributed by atoms with Gasteiger partial charge in [-0.25, -0.2) is 0 Å². The number of aromatic nitrogens is 2. The summed E-state index contributed by atoms with van der Waals surface area (Å²) in [6.07, 6.45) is 0. The first-order valence-corrected chi connectivity index (χ1v) is 19.3. The third-order valence-electron chi connectivity index (χ3n) is 11.9. The van der Waals surface area contributed by atoms with E-state index in [0.29, 0.717) is 0 Å². The zero-order valence-corrected chi connectivity index (χ0v) is 30.5. The maximum Gasteiger partial charge on any atom is 0.0541 e. The molecule has 0 saturated heterocycles. The SMILES string of the molecule is c1ccc(-n2c3ccccc3c3cc(-c4ccc5c(c4)c4ccccc4n5-c4ccc(-c5ccc6c(ccc7ccccc76)c5)c5ccccc45)ccc32)cc1. The molecule has 56 heavy (non-hydrogen) atoms. The quantitative estimate of drug-likeness (QED) is 0.161. The van der Waals surface area contributed by atoms with E-state index < -0.39 is 0 Å². The highest BCUT2D eigenvalue weighted by molar-refractivity contribution is 6.15. The fourth-order valence-electron chi connectivity index (χ4n) is 9.33. The summed E-state index contributed by atoms with van der Waals surface area (Å²) in [5, 5.41) is 12.6. The molecule has 0 bridgehead atoms. The van der Waals surface area contributed by atoms with E-state index in [1.807, 2.05) is 0 Å². The van der Waals surface area contributed by atoms with Gasteiger partial charge in [-0.15, -0.1) is 0 Å². The van der Waals surface area contributed by atoms with E-state index in [9.17, 15) is 0 Å². The third kappa shape index (κ3) is 4.57. The number of hydrogen-bond donors (Lipinski definition) is 0. The van der Waals surface area contributed by atoms with Crippen LogP contribution in [0, 0.1) is 0 Å². The summed E-state index contributed by atoms with van der Waals surface area (Å²) in [4.78, 5) is 0. The molecule has 0 fully saturated rings. The first-order chi connectivity index (χ1) is 27.8. The smallest absolute Gasteiger partial charge is 0.0541 e. The lowest BCUT2D eigenvalue weighted by Crippen LogP contribution is -1.96. The van der Waals surface area contributed by atoms with E-state index in [-0.39, 0.29) is 0 Å². The van der Waals surface area contributed by atoms with Gasteiger partial charge < -0.3 is 9.13 Å². The lowest BCUT2D eigenvalue weighted by molar-refractivity contribution is 1.18. The number of para-hydroxylation sites is 3. The topological polar surface area (TPSA) is 9.86 Å². The molecule has 10 aromatic carbocycles. The highest BCUT2D eigenvalue weighted by Crippen LogP contribution is 2.41. The first-order valence-electron chi connectivity index (χ1n) is 19.3. The van der Waals surface area contributed by atoms with Gasteiger partial charge in [0, 0.05) is 32.6 Å². The van der Waals surface area contributed by atoms with E-state index >= 15 is 0 Å². The maximum atomic E-state index is 2.46. The van der Waals surface area contributed by atoms with Gasteiger partial charge >= 0.3 is 0 Å². The standard InChI is InChI=1S/C54H34N2/c1-2-13-40(14-3-1)55-50-20-10-8-18-46(50)48-33-36(25-29-53(48)55)37-26-30-54-49(34-37)47-19-9-11-21-51(47)56(54)52-31-28-43(44-16-6-7-17-45(44)52)39-24-27-42-38(32-39)23-22-35-12-4-5-15-41(35)42/h1-34H. The minimum Gasteiger partial charge on any atom is -0.309 e. The van der Waals surface area contributed by atoms with Crippen molar-refractivity contribution in [3.8, 4) is 33.6 Å². The summed E-state index contributed by atoms with van der Waals surface area (Å²) < 4.78 is 4.84. The zero-order chi connectivity index (χ0) is 36.7. The Labute approximate surface area is 323 Å². The Morgan fingerprint density at radius 1 is 0.250 bits per heavy atom. The summed E-state index contributed by atoms with van der Waals surface area (Å²) in [5.41, 5.74) is 12.1. The summed E-state index contributed by atoms with van der Waals surface area (Å²) in [6, 6.07) is 75.8. The Kier molecular flexibility index (Phi) is 6.66. The molecule has 2 heterocycles. The minimum atomic E-state index is 1.17. The van der Waals surface area contributed by atoms with Crippen LogP contribution in [0.4, 0.5) is 0 Å². The van der Waals surface area contributed by atoms with Gasteiger partial charge in [0.25, 0.3) is 0 Å². The molecular weight excluding hydrogens is 677 g/mol. The number of hydrogen-bond acceptors (Lipinski definition) is 0. The Morgan fingerprint density at radius 2 is 0.768 bits per heavy atom. The van der Waals surface area contributed by atoms with Gasteiger partial charge in [-0.1, -0.05) is 146 Å². The minimum absolute atomic E-state index is 1.17. The van der Waals surface area contributed by atoms with Crippen molar-refractivity contribution < 1.29 is 0 Å². The highest BCUT2D eigenvalue weighted by atomic mass is 15.0. The molecule has 12 aromatic rings.